The van der Waals surface area contributed by atoms with Crippen molar-refractivity contribution in [3.63, 3.8) is 0 Å². The Labute approximate surface area is 114 Å². The first-order valence-electron chi connectivity index (χ1n) is 5.95. The van der Waals surface area contributed by atoms with Crippen molar-refractivity contribution in [1.29, 1.82) is 0 Å². The van der Waals surface area contributed by atoms with Crippen molar-refractivity contribution in [2.75, 3.05) is 13.2 Å². The summed E-state index contributed by atoms with van der Waals surface area (Å²) in [6.45, 7) is 4.52. The maximum atomic E-state index is 12.0. The highest BCUT2D eigenvalue weighted by atomic mass is 28.3. The van der Waals surface area contributed by atoms with E-state index in [0.717, 1.165) is 0 Å². The minimum Gasteiger partial charge on any atom is -0.406 e. The van der Waals surface area contributed by atoms with Gasteiger partial charge >= 0.3 is 0 Å². The van der Waals surface area contributed by atoms with E-state index in [-0.39, 0.29) is 18.4 Å². The molecule has 0 unspecified atom stereocenters. The number of fused-ring (bicyclic) bond motifs is 1. The van der Waals surface area contributed by atoms with Gasteiger partial charge in [-0.3, -0.25) is 14.5 Å². The second kappa shape index (κ2) is 5.82. The number of imide groups is 1. The van der Waals surface area contributed by atoms with Crippen LogP contribution in [0.3, 0.4) is 0 Å². The van der Waals surface area contributed by atoms with E-state index < -0.39 is 9.04 Å². The van der Waals surface area contributed by atoms with Crippen LogP contribution >= 0.6 is 0 Å². The molecule has 4 nitrogen and oxygen atoms in total. The maximum Gasteiger partial charge on any atom is 0.262 e. The molecule has 1 aromatic carbocycles. The fourth-order valence-corrected chi connectivity index (χ4v) is 2.11. The van der Waals surface area contributed by atoms with Crippen LogP contribution in [0.15, 0.2) is 24.3 Å². The molecule has 97 valence electrons. The zero-order valence-corrected chi connectivity index (χ0v) is 11.9. The Morgan fingerprint density at radius 3 is 2.21 bits per heavy atom. The van der Waals surface area contributed by atoms with E-state index in [1.54, 1.807) is 24.3 Å². The summed E-state index contributed by atoms with van der Waals surface area (Å²) < 4.78 is 5.36. The van der Waals surface area contributed by atoms with Gasteiger partial charge in [0.25, 0.3) is 11.8 Å². The summed E-state index contributed by atoms with van der Waals surface area (Å²) in [4.78, 5) is 25.1. The summed E-state index contributed by atoms with van der Waals surface area (Å²) >= 11 is 0. The van der Waals surface area contributed by atoms with Crippen molar-refractivity contribution in [3.8, 4) is 11.8 Å². The monoisotopic (exact) mass is 272 g/mol. The van der Waals surface area contributed by atoms with Crippen molar-refractivity contribution < 1.29 is 14.0 Å². The van der Waals surface area contributed by atoms with E-state index in [2.05, 4.69) is 11.8 Å². The fraction of sp³-hybridized carbons (Fsp3) is 0.286. The Morgan fingerprint density at radius 1 is 1.11 bits per heavy atom. The van der Waals surface area contributed by atoms with Gasteiger partial charge in [0.15, 0.2) is 0 Å². The van der Waals surface area contributed by atoms with Gasteiger partial charge in [0.2, 0.25) is 9.04 Å². The van der Waals surface area contributed by atoms with Crippen LogP contribution in [0.25, 0.3) is 0 Å². The predicted octanol–water partition coefficient (Wildman–Crippen LogP) is 1.55. The summed E-state index contributed by atoms with van der Waals surface area (Å²) in [6.07, 6.45) is 0. The summed E-state index contributed by atoms with van der Waals surface area (Å²) in [5.41, 5.74) is 0.913. The molecule has 0 N–H and O–H groups in total. The van der Waals surface area contributed by atoms with Crippen molar-refractivity contribution >= 4 is 20.9 Å². The number of carbonyl (C=O) groups is 2. The topological polar surface area (TPSA) is 46.6 Å². The van der Waals surface area contributed by atoms with Crippen molar-refractivity contribution in [2.45, 2.75) is 13.1 Å². The molecule has 1 aliphatic rings. The number of amides is 2. The molecule has 1 aliphatic heterocycles. The second-order valence-corrected chi connectivity index (χ2v) is 6.40. The quantitative estimate of drug-likeness (QED) is 0.476. The lowest BCUT2D eigenvalue weighted by Gasteiger charge is -2.08. The van der Waals surface area contributed by atoms with E-state index in [0.29, 0.717) is 17.7 Å². The molecule has 0 aliphatic carbocycles. The molecule has 1 radical (unpaired) electrons. The number of benzene rings is 1. The highest BCUT2D eigenvalue weighted by molar-refractivity contribution is 6.48. The summed E-state index contributed by atoms with van der Waals surface area (Å²) in [6, 6.07) is 6.82. The van der Waals surface area contributed by atoms with E-state index in [1.165, 1.54) is 4.90 Å². The van der Waals surface area contributed by atoms with Crippen molar-refractivity contribution in [3.05, 3.63) is 35.4 Å². The average molecular weight is 272 g/mol. The zero-order chi connectivity index (χ0) is 13.8. The average Bonchev–Trinajstić information content (AvgIpc) is 2.63. The Morgan fingerprint density at radius 2 is 1.68 bits per heavy atom. The Hall–Kier alpha value is -1.90. The first kappa shape index (κ1) is 13.5. The van der Waals surface area contributed by atoms with Gasteiger partial charge in [-0.05, 0) is 25.2 Å². The van der Waals surface area contributed by atoms with Gasteiger partial charge in [-0.25, -0.2) is 0 Å². The summed E-state index contributed by atoms with van der Waals surface area (Å²) in [7, 11) is -0.748. The Bertz CT molecular complexity index is 537. The third kappa shape index (κ3) is 2.92. The van der Waals surface area contributed by atoms with E-state index in [9.17, 15) is 9.59 Å². The maximum absolute atomic E-state index is 12.0. The molecule has 19 heavy (non-hydrogen) atoms. The van der Waals surface area contributed by atoms with Crippen LogP contribution in [-0.4, -0.2) is 38.9 Å². The highest BCUT2D eigenvalue weighted by Crippen LogP contribution is 2.21. The molecule has 5 heteroatoms. The molecule has 0 bridgehead atoms. The van der Waals surface area contributed by atoms with Crippen LogP contribution in [-0.2, 0) is 4.43 Å². The number of hydrogen-bond donors (Lipinski definition) is 0. The molecule has 2 amide bonds. The van der Waals surface area contributed by atoms with Gasteiger partial charge in [-0.15, -0.1) is 0 Å². The van der Waals surface area contributed by atoms with Gasteiger partial charge in [0.1, 0.15) is 0 Å². The zero-order valence-electron chi connectivity index (χ0n) is 10.9. The standard InChI is InChI=1S/C14H14NO3Si/c1-19(2)18-10-6-5-9-15-13(16)11-7-3-4-8-12(11)14(15)17/h3-4,7-8H,9-10H2,1-2H3. The first-order chi connectivity index (χ1) is 9.11. The van der Waals surface area contributed by atoms with Crippen LogP contribution in [0.4, 0.5) is 0 Å². The first-order valence-corrected chi connectivity index (χ1v) is 8.36. The van der Waals surface area contributed by atoms with Gasteiger partial charge < -0.3 is 4.43 Å². The lowest BCUT2D eigenvalue weighted by molar-refractivity contribution is 0.0675. The SMILES string of the molecule is C[Si](C)OCC#CCN1C(=O)c2ccccc2C1=O. The van der Waals surface area contributed by atoms with E-state index >= 15 is 0 Å². The number of rotatable bonds is 3. The molecule has 1 heterocycles. The largest absolute Gasteiger partial charge is 0.406 e. The molecule has 0 saturated heterocycles. The number of nitrogens with zero attached hydrogens (tertiary/aromatic N) is 1. The molecule has 0 saturated carbocycles. The van der Waals surface area contributed by atoms with Crippen LogP contribution in [0.2, 0.25) is 13.1 Å². The minimum absolute atomic E-state index is 0.116. The molecular weight excluding hydrogens is 258 g/mol. The molecule has 0 atom stereocenters. The predicted molar refractivity (Wildman–Crippen MR) is 73.0 cm³/mol. The normalized spacial score (nSPS) is 13.5. The number of carbonyl (C=O) groups excluding carboxylic acids is 2. The molecule has 2 rings (SSSR count). The lowest BCUT2D eigenvalue weighted by Crippen LogP contribution is -2.30. The highest BCUT2D eigenvalue weighted by Gasteiger charge is 2.34. The molecule has 0 fully saturated rings. The van der Waals surface area contributed by atoms with Gasteiger partial charge in [0, 0.05) is 0 Å². The molecular formula is C14H14NO3Si. The Balaban J connectivity index is 2.01. The smallest absolute Gasteiger partial charge is 0.262 e. The fourth-order valence-electron chi connectivity index (χ4n) is 1.75. The summed E-state index contributed by atoms with van der Waals surface area (Å²) in [5.74, 6) is 5.08. The van der Waals surface area contributed by atoms with E-state index in [4.69, 9.17) is 4.43 Å². The summed E-state index contributed by atoms with van der Waals surface area (Å²) in [5, 5.41) is 0. The Kier molecular flexibility index (Phi) is 4.15. The van der Waals surface area contributed by atoms with Crippen LogP contribution < -0.4 is 0 Å². The number of hydrogen-bond acceptors (Lipinski definition) is 3. The molecule has 1 aromatic rings. The lowest BCUT2D eigenvalue weighted by atomic mass is 10.1. The van der Waals surface area contributed by atoms with Crippen molar-refractivity contribution in [1.82, 2.24) is 4.90 Å². The third-order valence-electron chi connectivity index (χ3n) is 2.67. The van der Waals surface area contributed by atoms with E-state index in [1.807, 2.05) is 13.1 Å². The molecule has 0 aromatic heterocycles. The molecule has 0 spiro atoms. The van der Waals surface area contributed by atoms with Gasteiger partial charge in [-0.1, -0.05) is 24.0 Å². The minimum atomic E-state index is -0.748. The van der Waals surface area contributed by atoms with Crippen molar-refractivity contribution in [2.24, 2.45) is 0 Å². The van der Waals surface area contributed by atoms with Crippen LogP contribution in [0.1, 0.15) is 20.7 Å². The third-order valence-corrected chi connectivity index (χ3v) is 3.40. The van der Waals surface area contributed by atoms with Gasteiger partial charge in [0.05, 0.1) is 24.3 Å². The second-order valence-electron chi connectivity index (χ2n) is 4.29. The van der Waals surface area contributed by atoms with Crippen LogP contribution in [0, 0.1) is 11.8 Å². The van der Waals surface area contributed by atoms with Gasteiger partial charge in [-0.2, -0.15) is 0 Å². The van der Waals surface area contributed by atoms with Crippen LogP contribution in [0.5, 0.6) is 0 Å².